The third kappa shape index (κ3) is 5.24. The first-order valence-corrected chi connectivity index (χ1v) is 8.02. The first kappa shape index (κ1) is 17.7. The standard InChI is InChI=1S/C18H20N2O3S/c1-3-11-23-15-9-7-13(8-10-15)17(21)20-18(24)19-14-5-4-6-16(12-14)22-2/h4-10,12H,3,11H2,1-2H3,(H2,19,20,21,24). The molecule has 2 aromatic rings. The molecule has 0 radical (unpaired) electrons. The molecule has 0 bridgehead atoms. The van der Waals surface area contributed by atoms with Gasteiger partial charge in [-0.1, -0.05) is 13.0 Å². The summed E-state index contributed by atoms with van der Waals surface area (Å²) in [7, 11) is 1.59. The van der Waals surface area contributed by atoms with Crippen LogP contribution >= 0.6 is 12.2 Å². The fraction of sp³-hybridized carbons (Fsp3) is 0.222. The van der Waals surface area contributed by atoms with Gasteiger partial charge >= 0.3 is 0 Å². The maximum absolute atomic E-state index is 12.2. The summed E-state index contributed by atoms with van der Waals surface area (Å²) in [5, 5.41) is 5.82. The van der Waals surface area contributed by atoms with Crippen LogP contribution < -0.4 is 20.1 Å². The van der Waals surface area contributed by atoms with Gasteiger partial charge in [-0.15, -0.1) is 0 Å². The molecule has 0 saturated carbocycles. The number of anilines is 1. The van der Waals surface area contributed by atoms with Crippen molar-refractivity contribution in [3.8, 4) is 11.5 Å². The summed E-state index contributed by atoms with van der Waals surface area (Å²) in [6.07, 6.45) is 0.937. The minimum absolute atomic E-state index is 0.222. The first-order chi connectivity index (χ1) is 11.6. The van der Waals surface area contributed by atoms with Gasteiger partial charge in [0, 0.05) is 17.3 Å². The fourth-order valence-electron chi connectivity index (χ4n) is 1.96. The lowest BCUT2D eigenvalue weighted by atomic mass is 10.2. The van der Waals surface area contributed by atoms with Crippen LogP contribution in [0.4, 0.5) is 5.69 Å². The van der Waals surface area contributed by atoms with E-state index < -0.39 is 0 Å². The number of rotatable bonds is 6. The van der Waals surface area contributed by atoms with Crippen LogP contribution in [-0.4, -0.2) is 24.7 Å². The Balaban J connectivity index is 1.92. The zero-order valence-electron chi connectivity index (χ0n) is 13.7. The molecule has 0 spiro atoms. The average molecular weight is 344 g/mol. The van der Waals surface area contributed by atoms with Crippen LogP contribution in [0, 0.1) is 0 Å². The van der Waals surface area contributed by atoms with Gasteiger partial charge in [0.05, 0.1) is 13.7 Å². The molecule has 0 unspecified atom stereocenters. The van der Waals surface area contributed by atoms with Crippen molar-refractivity contribution < 1.29 is 14.3 Å². The van der Waals surface area contributed by atoms with E-state index in [1.54, 1.807) is 37.4 Å². The van der Waals surface area contributed by atoms with Crippen LogP contribution in [0.15, 0.2) is 48.5 Å². The highest BCUT2D eigenvalue weighted by Gasteiger charge is 2.08. The Bertz CT molecular complexity index is 702. The average Bonchev–Trinajstić information content (AvgIpc) is 2.60. The zero-order chi connectivity index (χ0) is 17.4. The molecule has 6 heteroatoms. The Morgan fingerprint density at radius 3 is 2.54 bits per heavy atom. The van der Waals surface area contributed by atoms with Gasteiger partial charge in [0.2, 0.25) is 0 Å². The lowest BCUT2D eigenvalue weighted by molar-refractivity contribution is 0.0977. The zero-order valence-corrected chi connectivity index (χ0v) is 14.5. The molecule has 2 N–H and O–H groups in total. The predicted octanol–water partition coefficient (Wildman–Crippen LogP) is 3.61. The highest BCUT2D eigenvalue weighted by Crippen LogP contribution is 2.16. The number of hydrogen-bond acceptors (Lipinski definition) is 4. The highest BCUT2D eigenvalue weighted by molar-refractivity contribution is 7.80. The topological polar surface area (TPSA) is 59.6 Å². The number of hydrogen-bond donors (Lipinski definition) is 2. The van der Waals surface area contributed by atoms with Crippen molar-refractivity contribution in [1.82, 2.24) is 5.32 Å². The molecule has 0 heterocycles. The number of nitrogens with one attached hydrogen (secondary N) is 2. The maximum atomic E-state index is 12.2. The summed E-state index contributed by atoms with van der Waals surface area (Å²) in [5.41, 5.74) is 1.25. The van der Waals surface area contributed by atoms with E-state index in [1.165, 1.54) is 0 Å². The van der Waals surface area contributed by atoms with Gasteiger partial charge in [0.1, 0.15) is 11.5 Å². The lowest BCUT2D eigenvalue weighted by Gasteiger charge is -2.11. The molecule has 24 heavy (non-hydrogen) atoms. The van der Waals surface area contributed by atoms with Crippen molar-refractivity contribution in [2.24, 2.45) is 0 Å². The van der Waals surface area contributed by atoms with Crippen LogP contribution in [0.5, 0.6) is 11.5 Å². The van der Waals surface area contributed by atoms with Gasteiger partial charge in [-0.05, 0) is 55.0 Å². The number of amides is 1. The van der Waals surface area contributed by atoms with Crippen LogP contribution in [0.1, 0.15) is 23.7 Å². The molecule has 0 saturated heterocycles. The molecule has 0 fully saturated rings. The summed E-state index contributed by atoms with van der Waals surface area (Å²) in [4.78, 5) is 12.2. The van der Waals surface area contributed by atoms with E-state index in [4.69, 9.17) is 21.7 Å². The van der Waals surface area contributed by atoms with E-state index in [2.05, 4.69) is 10.6 Å². The maximum Gasteiger partial charge on any atom is 0.257 e. The first-order valence-electron chi connectivity index (χ1n) is 7.61. The molecular weight excluding hydrogens is 324 g/mol. The number of ether oxygens (including phenoxy) is 2. The molecule has 0 aliphatic rings. The minimum Gasteiger partial charge on any atom is -0.497 e. The summed E-state index contributed by atoms with van der Waals surface area (Å²) >= 11 is 5.17. The Morgan fingerprint density at radius 1 is 1.12 bits per heavy atom. The second-order valence-corrected chi connectivity index (χ2v) is 5.42. The Morgan fingerprint density at radius 2 is 1.88 bits per heavy atom. The van der Waals surface area contributed by atoms with Gasteiger partial charge in [0.25, 0.3) is 5.91 Å². The Kier molecular flexibility index (Phi) is 6.57. The largest absolute Gasteiger partial charge is 0.497 e. The quantitative estimate of drug-likeness (QED) is 0.784. The van der Waals surface area contributed by atoms with Crippen molar-refractivity contribution in [3.05, 3.63) is 54.1 Å². The van der Waals surface area contributed by atoms with E-state index in [0.29, 0.717) is 17.9 Å². The minimum atomic E-state index is -0.280. The molecule has 5 nitrogen and oxygen atoms in total. The summed E-state index contributed by atoms with van der Waals surface area (Å²) in [5.74, 6) is 1.17. The van der Waals surface area contributed by atoms with E-state index in [9.17, 15) is 4.79 Å². The molecule has 0 atom stereocenters. The number of thiocarbonyl (C=S) groups is 1. The molecule has 2 rings (SSSR count). The summed E-state index contributed by atoms with van der Waals surface area (Å²) in [6.45, 7) is 2.69. The predicted molar refractivity (Wildman–Crippen MR) is 98.9 cm³/mol. The van der Waals surface area contributed by atoms with E-state index in [0.717, 1.165) is 17.9 Å². The van der Waals surface area contributed by atoms with Crippen molar-refractivity contribution in [2.45, 2.75) is 13.3 Å². The monoisotopic (exact) mass is 344 g/mol. The SMILES string of the molecule is CCCOc1ccc(C(=O)NC(=S)Nc2cccc(OC)c2)cc1. The Hall–Kier alpha value is -2.60. The molecule has 126 valence electrons. The van der Waals surface area contributed by atoms with Gasteiger partial charge in [-0.25, -0.2) is 0 Å². The van der Waals surface area contributed by atoms with Crippen LogP contribution in [0.2, 0.25) is 0 Å². The summed E-state index contributed by atoms with van der Waals surface area (Å²) in [6, 6.07) is 14.2. The Labute approximate surface area is 147 Å². The van der Waals surface area contributed by atoms with Gasteiger partial charge < -0.3 is 14.8 Å². The van der Waals surface area contributed by atoms with E-state index >= 15 is 0 Å². The lowest BCUT2D eigenvalue weighted by Crippen LogP contribution is -2.34. The normalized spacial score (nSPS) is 9.92. The van der Waals surface area contributed by atoms with Crippen LogP contribution in [0.25, 0.3) is 0 Å². The van der Waals surface area contributed by atoms with Gasteiger partial charge in [-0.3, -0.25) is 10.1 Å². The fourth-order valence-corrected chi connectivity index (χ4v) is 2.17. The molecule has 0 aliphatic heterocycles. The number of methoxy groups -OCH3 is 1. The van der Waals surface area contributed by atoms with Crippen molar-refractivity contribution in [1.29, 1.82) is 0 Å². The third-order valence-corrected chi connectivity index (χ3v) is 3.35. The van der Waals surface area contributed by atoms with Crippen molar-refractivity contribution in [3.63, 3.8) is 0 Å². The molecule has 0 aliphatic carbocycles. The van der Waals surface area contributed by atoms with Crippen molar-refractivity contribution >= 4 is 28.9 Å². The molecule has 0 aromatic heterocycles. The van der Waals surface area contributed by atoms with Gasteiger partial charge in [-0.2, -0.15) is 0 Å². The summed E-state index contributed by atoms with van der Waals surface area (Å²) < 4.78 is 10.6. The molecule has 1 amide bonds. The highest BCUT2D eigenvalue weighted by atomic mass is 32.1. The van der Waals surface area contributed by atoms with Crippen molar-refractivity contribution in [2.75, 3.05) is 19.0 Å². The molecular formula is C18H20N2O3S. The second kappa shape index (κ2) is 8.88. The number of carbonyl (C=O) groups is 1. The molecule has 2 aromatic carbocycles. The third-order valence-electron chi connectivity index (χ3n) is 3.14. The van der Waals surface area contributed by atoms with E-state index in [1.807, 2.05) is 25.1 Å². The van der Waals surface area contributed by atoms with Crippen LogP contribution in [0.3, 0.4) is 0 Å². The van der Waals surface area contributed by atoms with E-state index in [-0.39, 0.29) is 11.0 Å². The smallest absolute Gasteiger partial charge is 0.257 e. The second-order valence-electron chi connectivity index (χ2n) is 5.01. The number of benzene rings is 2. The van der Waals surface area contributed by atoms with Gasteiger partial charge in [0.15, 0.2) is 5.11 Å². The number of carbonyl (C=O) groups excluding carboxylic acids is 1. The van der Waals surface area contributed by atoms with Crippen LogP contribution in [-0.2, 0) is 0 Å².